The molecule has 0 amide bonds. The van der Waals surface area contributed by atoms with Crippen molar-refractivity contribution in [2.24, 2.45) is 0 Å². The molecule has 8 nitrogen and oxygen atoms in total. The van der Waals surface area contributed by atoms with Crippen LogP contribution in [0.25, 0.3) is 21.9 Å². The highest BCUT2D eigenvalue weighted by atomic mass is 32.2. The van der Waals surface area contributed by atoms with Gasteiger partial charge in [0.1, 0.15) is 11.0 Å². The predicted molar refractivity (Wildman–Crippen MR) is 98.3 cm³/mol. The maximum atomic E-state index is 13.1. The SMILES string of the molecule is COc1cc2[nH]c3c(=O)n4c(nc3c2cc1OC)S[C@@H]1CS(=O)(=O)C[C@@H]14. The molecule has 3 aromatic rings. The summed E-state index contributed by atoms with van der Waals surface area (Å²) in [7, 11) is -0.0139. The number of nitrogens with zero attached hydrogens (tertiary/aromatic N) is 2. The third kappa shape index (κ3) is 2.05. The number of H-pyrrole nitrogens is 1. The molecule has 2 atom stereocenters. The Kier molecular flexibility index (Phi) is 3.18. The standard InChI is InChI=1S/C16H15N3O5S2/c1-23-10-3-7-8(4-11(10)24-2)17-14-13(7)18-16-19(15(14)20)9-5-26(21,22)6-12(9)25-16/h3-4,9,12,17H,5-6H2,1-2H3/t9-,12+/m0/s1. The fraction of sp³-hybridized carbons (Fsp3) is 0.375. The van der Waals surface area contributed by atoms with Gasteiger partial charge >= 0.3 is 0 Å². The molecule has 2 aromatic heterocycles. The van der Waals surface area contributed by atoms with Crippen molar-refractivity contribution in [1.82, 2.24) is 14.5 Å². The first-order valence-electron chi connectivity index (χ1n) is 7.99. The van der Waals surface area contributed by atoms with E-state index in [9.17, 15) is 13.2 Å². The van der Waals surface area contributed by atoms with Gasteiger partial charge in [0.2, 0.25) is 0 Å². The number of rotatable bonds is 2. The van der Waals surface area contributed by atoms with Crippen LogP contribution in [-0.4, -0.2) is 53.9 Å². The molecule has 4 heterocycles. The van der Waals surface area contributed by atoms with Gasteiger partial charge in [-0.1, -0.05) is 11.8 Å². The molecule has 0 spiro atoms. The molecule has 0 saturated carbocycles. The highest BCUT2D eigenvalue weighted by molar-refractivity contribution is 8.02. The normalized spacial score (nSPS) is 23.3. The summed E-state index contributed by atoms with van der Waals surface area (Å²) in [6, 6.07) is 3.21. The zero-order chi connectivity index (χ0) is 18.2. The minimum atomic E-state index is -3.11. The second kappa shape index (κ2) is 5.17. The van der Waals surface area contributed by atoms with Gasteiger partial charge in [-0.15, -0.1) is 0 Å². The maximum absolute atomic E-state index is 13.1. The lowest BCUT2D eigenvalue weighted by atomic mass is 10.2. The zero-order valence-electron chi connectivity index (χ0n) is 14.0. The Morgan fingerprint density at radius 1 is 1.23 bits per heavy atom. The minimum absolute atomic E-state index is 0.00731. The molecule has 0 unspecified atom stereocenters. The van der Waals surface area contributed by atoms with Gasteiger partial charge in [-0.2, -0.15) is 0 Å². The third-order valence-electron chi connectivity index (χ3n) is 4.98. The molecular weight excluding hydrogens is 378 g/mol. The van der Waals surface area contributed by atoms with Crippen LogP contribution < -0.4 is 15.0 Å². The summed E-state index contributed by atoms with van der Waals surface area (Å²) in [5, 5.41) is 1.19. The van der Waals surface area contributed by atoms with E-state index in [4.69, 9.17) is 9.47 Å². The van der Waals surface area contributed by atoms with Crippen molar-refractivity contribution < 1.29 is 17.9 Å². The van der Waals surface area contributed by atoms with Crippen molar-refractivity contribution in [3.8, 4) is 11.5 Å². The van der Waals surface area contributed by atoms with E-state index >= 15 is 0 Å². The van der Waals surface area contributed by atoms with E-state index in [1.165, 1.54) is 16.3 Å². The molecule has 1 saturated heterocycles. The fourth-order valence-electron chi connectivity index (χ4n) is 3.80. The number of thioether (sulfide) groups is 1. The first kappa shape index (κ1) is 16.0. The van der Waals surface area contributed by atoms with E-state index in [1.807, 2.05) is 0 Å². The topological polar surface area (TPSA) is 103 Å². The Bertz CT molecular complexity index is 1240. The molecule has 0 aliphatic carbocycles. The van der Waals surface area contributed by atoms with Crippen LogP contribution >= 0.6 is 11.8 Å². The Hall–Kier alpha value is -2.20. The van der Waals surface area contributed by atoms with Crippen molar-refractivity contribution >= 4 is 43.5 Å². The van der Waals surface area contributed by atoms with E-state index in [2.05, 4.69) is 9.97 Å². The number of hydrogen-bond acceptors (Lipinski definition) is 7. The largest absolute Gasteiger partial charge is 0.493 e. The lowest BCUT2D eigenvalue weighted by molar-refractivity contribution is 0.356. The van der Waals surface area contributed by atoms with E-state index in [0.717, 1.165) is 5.39 Å². The molecule has 136 valence electrons. The van der Waals surface area contributed by atoms with E-state index in [-0.39, 0.29) is 28.4 Å². The van der Waals surface area contributed by atoms with Gasteiger partial charge in [0.15, 0.2) is 26.5 Å². The van der Waals surface area contributed by atoms with Crippen LogP contribution in [0.1, 0.15) is 6.04 Å². The van der Waals surface area contributed by atoms with Crippen LogP contribution in [0.3, 0.4) is 0 Å². The number of hydrogen-bond donors (Lipinski definition) is 1. The summed E-state index contributed by atoms with van der Waals surface area (Å²) in [5.41, 5.74) is 1.40. The summed E-state index contributed by atoms with van der Waals surface area (Å²) in [6.45, 7) is 0. The number of methoxy groups -OCH3 is 2. The van der Waals surface area contributed by atoms with Crippen LogP contribution in [0.2, 0.25) is 0 Å². The first-order chi connectivity index (χ1) is 12.4. The Balaban J connectivity index is 1.79. The third-order valence-corrected chi connectivity index (χ3v) is 8.19. The summed E-state index contributed by atoms with van der Waals surface area (Å²) >= 11 is 1.37. The maximum Gasteiger partial charge on any atom is 0.278 e. The number of ether oxygens (including phenoxy) is 2. The van der Waals surface area contributed by atoms with Crippen molar-refractivity contribution in [2.45, 2.75) is 16.4 Å². The first-order valence-corrected chi connectivity index (χ1v) is 10.7. The molecule has 0 radical (unpaired) electrons. The van der Waals surface area contributed by atoms with Gasteiger partial charge in [0.05, 0.1) is 37.3 Å². The second-order valence-electron chi connectivity index (χ2n) is 6.47. The van der Waals surface area contributed by atoms with Crippen molar-refractivity contribution in [3.05, 3.63) is 22.5 Å². The highest BCUT2D eigenvalue weighted by Gasteiger charge is 2.46. The average molecular weight is 393 g/mol. The lowest BCUT2D eigenvalue weighted by Gasteiger charge is -2.09. The Labute approximate surface area is 152 Å². The van der Waals surface area contributed by atoms with Gasteiger partial charge in [-0.3, -0.25) is 9.36 Å². The predicted octanol–water partition coefficient (Wildman–Crippen LogP) is 1.34. The van der Waals surface area contributed by atoms with Crippen molar-refractivity contribution in [3.63, 3.8) is 0 Å². The molecule has 1 fully saturated rings. The highest BCUT2D eigenvalue weighted by Crippen LogP contribution is 2.44. The number of fused-ring (bicyclic) bond motifs is 6. The van der Waals surface area contributed by atoms with Gasteiger partial charge < -0.3 is 14.5 Å². The van der Waals surface area contributed by atoms with Crippen LogP contribution in [0.4, 0.5) is 0 Å². The van der Waals surface area contributed by atoms with Gasteiger partial charge in [0.25, 0.3) is 5.56 Å². The Morgan fingerprint density at radius 3 is 2.69 bits per heavy atom. The zero-order valence-corrected chi connectivity index (χ0v) is 15.6. The fourth-order valence-corrected chi connectivity index (χ4v) is 7.69. The molecule has 5 rings (SSSR count). The monoisotopic (exact) mass is 393 g/mol. The molecule has 10 heteroatoms. The van der Waals surface area contributed by atoms with E-state index in [1.54, 1.807) is 26.4 Å². The number of nitrogens with one attached hydrogen (secondary N) is 1. The molecule has 2 aliphatic heterocycles. The van der Waals surface area contributed by atoms with Crippen molar-refractivity contribution in [2.75, 3.05) is 25.7 Å². The molecule has 0 bridgehead atoms. The van der Waals surface area contributed by atoms with E-state index in [0.29, 0.717) is 33.2 Å². The summed E-state index contributed by atoms with van der Waals surface area (Å²) < 4.78 is 36.0. The molecule has 26 heavy (non-hydrogen) atoms. The average Bonchev–Trinajstić information content (AvgIpc) is 3.20. The molecule has 1 aromatic carbocycles. The van der Waals surface area contributed by atoms with E-state index < -0.39 is 9.84 Å². The van der Waals surface area contributed by atoms with Gasteiger partial charge in [-0.25, -0.2) is 13.4 Å². The summed E-state index contributed by atoms with van der Waals surface area (Å²) in [4.78, 5) is 20.9. The van der Waals surface area contributed by atoms with Crippen LogP contribution in [0, 0.1) is 0 Å². The summed E-state index contributed by atoms with van der Waals surface area (Å²) in [6.07, 6.45) is 0. The smallest absolute Gasteiger partial charge is 0.278 e. The molecule has 2 aliphatic rings. The number of sulfone groups is 1. The number of aromatic nitrogens is 3. The summed E-state index contributed by atoms with van der Waals surface area (Å²) in [5.74, 6) is 1.19. The van der Waals surface area contributed by atoms with Crippen molar-refractivity contribution in [1.29, 1.82) is 0 Å². The Morgan fingerprint density at radius 2 is 1.96 bits per heavy atom. The van der Waals surface area contributed by atoms with Gasteiger partial charge in [-0.05, 0) is 6.07 Å². The minimum Gasteiger partial charge on any atom is -0.493 e. The lowest BCUT2D eigenvalue weighted by Crippen LogP contribution is -2.27. The van der Waals surface area contributed by atoms with Crippen LogP contribution in [0.5, 0.6) is 11.5 Å². The van der Waals surface area contributed by atoms with Crippen LogP contribution in [0.15, 0.2) is 22.1 Å². The van der Waals surface area contributed by atoms with Crippen LogP contribution in [-0.2, 0) is 9.84 Å². The number of benzene rings is 1. The molecular formula is C16H15N3O5S2. The molecule has 1 N–H and O–H groups in total. The quantitative estimate of drug-likeness (QED) is 0.655. The second-order valence-corrected chi connectivity index (χ2v) is 9.83. The number of aromatic amines is 1. The van der Waals surface area contributed by atoms with Gasteiger partial charge in [0, 0.05) is 16.7 Å².